The molecular weight excluding hydrogens is 630 g/mol. The summed E-state index contributed by atoms with van der Waals surface area (Å²) in [5.41, 5.74) is 11.3. The number of aryl methyl sites for hydroxylation is 1. The Balaban J connectivity index is 1.36. The van der Waals surface area contributed by atoms with Gasteiger partial charge in [-0.15, -0.1) is 15.2 Å². The van der Waals surface area contributed by atoms with E-state index in [0.717, 1.165) is 46.9 Å². The molecule has 47 heavy (non-hydrogen) atoms. The molecule has 0 amide bonds. The van der Waals surface area contributed by atoms with E-state index >= 15 is 0 Å². The summed E-state index contributed by atoms with van der Waals surface area (Å²) < 4.78 is 12.1. The predicted molar refractivity (Wildman–Crippen MR) is 174 cm³/mol. The van der Waals surface area contributed by atoms with Crippen molar-refractivity contribution in [2.75, 3.05) is 6.73 Å². The van der Waals surface area contributed by atoms with Crippen LogP contribution in [0.5, 0.6) is 0 Å². The molecule has 0 fully saturated rings. The van der Waals surface area contributed by atoms with Crippen LogP contribution in [0.25, 0.3) is 11.1 Å². The van der Waals surface area contributed by atoms with Crippen LogP contribution < -0.4 is 11.6 Å². The topological polar surface area (TPSA) is 194 Å². The second-order valence-electron chi connectivity index (χ2n) is 10.4. The maximum Gasteiger partial charge on any atom is 0.510 e. The molecule has 4 aromatic rings. The Morgan fingerprint density at radius 2 is 1.79 bits per heavy atom. The molecule has 15 heteroatoms. The first-order valence-corrected chi connectivity index (χ1v) is 15.1. The number of rotatable bonds is 16. The molecule has 14 nitrogen and oxygen atoms in total. The Morgan fingerprint density at radius 3 is 2.49 bits per heavy atom. The van der Waals surface area contributed by atoms with Gasteiger partial charge in [0.1, 0.15) is 19.0 Å². The van der Waals surface area contributed by atoms with Gasteiger partial charge >= 0.3 is 6.16 Å². The van der Waals surface area contributed by atoms with Crippen LogP contribution in [-0.2, 0) is 47.1 Å². The number of amidine groups is 1. The number of aliphatic hydroxyl groups is 1. The molecule has 0 unspecified atom stereocenters. The zero-order chi connectivity index (χ0) is 33.8. The first-order valence-electron chi connectivity index (χ1n) is 14.7. The summed E-state index contributed by atoms with van der Waals surface area (Å²) >= 11 is 6.30. The van der Waals surface area contributed by atoms with Gasteiger partial charge in [-0.1, -0.05) is 97.7 Å². The van der Waals surface area contributed by atoms with E-state index in [1.165, 1.54) is 0 Å². The number of carbonyl (C=O) groups is 1. The number of aromatic nitrogens is 2. The summed E-state index contributed by atoms with van der Waals surface area (Å²) in [5, 5.41) is 24.7. The number of nitrogens with zero attached hydrogens (tertiary/aromatic N) is 5. The molecule has 0 radical (unpaired) electrons. The number of ether oxygens (including phenoxy) is 2. The molecule has 4 rings (SSSR count). The number of hydrogen-bond acceptors (Lipinski definition) is 11. The molecule has 0 aliphatic heterocycles. The van der Waals surface area contributed by atoms with Gasteiger partial charge in [0.2, 0.25) is 0 Å². The van der Waals surface area contributed by atoms with Crippen molar-refractivity contribution in [2.45, 2.75) is 52.6 Å². The molecule has 5 N–H and O–H groups in total. The number of unbranched alkanes of at least 4 members (excludes halogenated alkanes) is 1. The third kappa shape index (κ3) is 9.90. The molecular formula is C32H36ClN7O7. The summed E-state index contributed by atoms with van der Waals surface area (Å²) in [6, 6.07) is 21.9. The third-order valence-electron chi connectivity index (χ3n) is 7.05. The highest BCUT2D eigenvalue weighted by molar-refractivity contribution is 6.30. The maximum absolute atomic E-state index is 12.1. The summed E-state index contributed by atoms with van der Waals surface area (Å²) in [4.78, 5) is 31.3. The lowest BCUT2D eigenvalue weighted by atomic mass is 9.98. The number of hydrazine groups is 1. The van der Waals surface area contributed by atoms with Crippen molar-refractivity contribution in [1.29, 1.82) is 0 Å². The van der Waals surface area contributed by atoms with Crippen LogP contribution >= 0.6 is 11.6 Å². The number of aliphatic hydroxyl groups excluding tert-OH is 1. The highest BCUT2D eigenvalue weighted by Crippen LogP contribution is 2.26. The Labute approximate surface area is 276 Å². The van der Waals surface area contributed by atoms with Gasteiger partial charge in [-0.2, -0.15) is 5.12 Å². The summed E-state index contributed by atoms with van der Waals surface area (Å²) in [7, 11) is 0. The SMILES string of the molecule is CCCCc1nc(Cl)c(CO)n1Cc1ccc(-c2ccccc2/C(N)=N/N(N)COC(=O)OCc2cccc(CO[N+](=O)[O-])c2)cc1. The highest BCUT2D eigenvalue weighted by Gasteiger charge is 2.16. The highest BCUT2D eigenvalue weighted by atomic mass is 35.5. The van der Waals surface area contributed by atoms with Crippen molar-refractivity contribution in [3.05, 3.63) is 122 Å². The van der Waals surface area contributed by atoms with Gasteiger partial charge in [-0.05, 0) is 34.2 Å². The van der Waals surface area contributed by atoms with Gasteiger partial charge in [-0.25, -0.2) is 15.6 Å². The number of hydrogen-bond donors (Lipinski definition) is 3. The second kappa shape index (κ2) is 16.9. The third-order valence-corrected chi connectivity index (χ3v) is 7.35. The average molecular weight is 666 g/mol. The van der Waals surface area contributed by atoms with Gasteiger partial charge in [0.25, 0.3) is 5.09 Å². The number of carbonyl (C=O) groups excluding carboxylic acids is 1. The molecule has 0 bridgehead atoms. The molecule has 0 saturated heterocycles. The van der Waals surface area contributed by atoms with Crippen molar-refractivity contribution in [3.8, 4) is 11.1 Å². The van der Waals surface area contributed by atoms with Crippen molar-refractivity contribution < 1.29 is 29.3 Å². The van der Waals surface area contributed by atoms with E-state index < -0.39 is 18.0 Å². The number of imidazole rings is 1. The average Bonchev–Trinajstić information content (AvgIpc) is 3.37. The van der Waals surface area contributed by atoms with E-state index in [-0.39, 0.29) is 25.7 Å². The fourth-order valence-corrected chi connectivity index (χ4v) is 5.02. The molecule has 0 spiro atoms. The number of benzene rings is 3. The van der Waals surface area contributed by atoms with Crippen LogP contribution in [-0.4, -0.2) is 43.6 Å². The van der Waals surface area contributed by atoms with Gasteiger partial charge in [-0.3, -0.25) is 0 Å². The monoisotopic (exact) mass is 665 g/mol. The molecule has 1 heterocycles. The van der Waals surface area contributed by atoms with Crippen LogP contribution in [0.2, 0.25) is 5.15 Å². The maximum atomic E-state index is 12.1. The lowest BCUT2D eigenvalue weighted by Gasteiger charge is -2.16. The smallest absolute Gasteiger partial charge is 0.429 e. The number of hydrazone groups is 1. The normalized spacial score (nSPS) is 11.3. The van der Waals surface area contributed by atoms with Crippen LogP contribution in [0.1, 0.15) is 53.5 Å². The number of nitrogens with two attached hydrogens (primary N) is 2. The molecule has 1 aromatic heterocycles. The minimum Gasteiger partial charge on any atom is -0.429 e. The standard InChI is InChI=1S/C32H36ClN7O7/c1-2-3-11-29-36-30(33)28(18-41)38(29)17-22-12-14-25(15-13-22)26-9-4-5-10-27(26)31(34)37-39(35)21-46-32(42)45-19-23-7-6-8-24(16-23)20-47-40(43)44/h4-10,12-16,41H,2-3,11,17-21,35H2,1H3,(H2,34,37). The van der Waals surface area contributed by atoms with E-state index in [1.807, 2.05) is 47.0 Å². The first kappa shape index (κ1) is 34.7. The van der Waals surface area contributed by atoms with Gasteiger partial charge in [0.15, 0.2) is 17.7 Å². The van der Waals surface area contributed by atoms with Crippen molar-refractivity contribution in [2.24, 2.45) is 16.7 Å². The Morgan fingerprint density at radius 1 is 1.06 bits per heavy atom. The van der Waals surface area contributed by atoms with Crippen LogP contribution in [0.15, 0.2) is 77.9 Å². The van der Waals surface area contributed by atoms with Crippen LogP contribution in [0.4, 0.5) is 4.79 Å². The minimum atomic E-state index is -0.997. The van der Waals surface area contributed by atoms with E-state index in [2.05, 4.69) is 21.8 Å². The zero-order valence-electron chi connectivity index (χ0n) is 25.8. The van der Waals surface area contributed by atoms with E-state index in [9.17, 15) is 20.0 Å². The zero-order valence-corrected chi connectivity index (χ0v) is 26.5. The van der Waals surface area contributed by atoms with Gasteiger partial charge in [0.05, 0.1) is 12.3 Å². The molecule has 0 aliphatic rings. The molecule has 0 aliphatic carbocycles. The second-order valence-corrected chi connectivity index (χ2v) is 10.8. The van der Waals surface area contributed by atoms with Gasteiger partial charge < -0.3 is 29.7 Å². The van der Waals surface area contributed by atoms with E-state index in [0.29, 0.717) is 34.1 Å². The molecule has 248 valence electrons. The Kier molecular flexibility index (Phi) is 12.5. The lowest BCUT2D eigenvalue weighted by molar-refractivity contribution is -0.763. The summed E-state index contributed by atoms with van der Waals surface area (Å²) in [5.74, 6) is 6.86. The number of halogens is 1. The Bertz CT molecular complexity index is 1700. The summed E-state index contributed by atoms with van der Waals surface area (Å²) in [6.07, 6.45) is 1.76. The van der Waals surface area contributed by atoms with Crippen LogP contribution in [0, 0.1) is 10.1 Å². The molecule has 0 saturated carbocycles. The van der Waals surface area contributed by atoms with E-state index in [4.69, 9.17) is 32.7 Å². The first-order chi connectivity index (χ1) is 22.7. The van der Waals surface area contributed by atoms with Crippen molar-refractivity contribution in [1.82, 2.24) is 14.7 Å². The Hall–Kier alpha value is -5.18. The van der Waals surface area contributed by atoms with Crippen molar-refractivity contribution in [3.63, 3.8) is 0 Å². The lowest BCUT2D eigenvalue weighted by Crippen LogP contribution is -2.33. The van der Waals surface area contributed by atoms with Crippen molar-refractivity contribution >= 4 is 23.6 Å². The largest absolute Gasteiger partial charge is 0.510 e. The fraction of sp³-hybridized carbons (Fsp3) is 0.281. The summed E-state index contributed by atoms with van der Waals surface area (Å²) in [6.45, 7) is 1.62. The minimum absolute atomic E-state index is 0.0964. The van der Waals surface area contributed by atoms with Crippen LogP contribution in [0.3, 0.4) is 0 Å². The molecule has 0 atom stereocenters. The predicted octanol–water partition coefficient (Wildman–Crippen LogP) is 4.90. The molecule has 3 aromatic carbocycles. The fourth-order valence-electron chi connectivity index (χ4n) is 4.76. The van der Waals surface area contributed by atoms with Gasteiger partial charge in [0, 0.05) is 18.5 Å². The van der Waals surface area contributed by atoms with E-state index in [1.54, 1.807) is 30.3 Å². The quantitative estimate of drug-likeness (QED) is 0.0280.